The van der Waals surface area contributed by atoms with Crippen LogP contribution < -0.4 is 24.4 Å². The fourth-order valence-electron chi connectivity index (χ4n) is 5.11. The SMILES string of the molecule is CCCOc1c(OC)cccc1[C@@H]1C(C(=O)OCCOC)=C(C)N=c2s/c(=C/c3ccc(-c4ccc(C)c([N+](=O)[O-])c4)o3)c(=O)n21. The number of rotatable bonds is 12. The lowest BCUT2D eigenvalue weighted by atomic mass is 9.94. The molecule has 2 aromatic carbocycles. The van der Waals surface area contributed by atoms with Gasteiger partial charge < -0.3 is 23.4 Å². The molecule has 1 aliphatic heterocycles. The van der Waals surface area contributed by atoms with Crippen LogP contribution in [-0.2, 0) is 14.3 Å². The maximum Gasteiger partial charge on any atom is 0.338 e. The van der Waals surface area contributed by atoms with E-state index in [-0.39, 0.29) is 24.5 Å². The molecule has 1 aliphatic rings. The average Bonchev–Trinajstić information content (AvgIpc) is 3.63. The number of furan rings is 1. The van der Waals surface area contributed by atoms with Crippen molar-refractivity contribution in [1.29, 1.82) is 0 Å². The Morgan fingerprint density at radius 1 is 1.13 bits per heavy atom. The van der Waals surface area contributed by atoms with E-state index < -0.39 is 22.5 Å². The Labute approximate surface area is 268 Å². The van der Waals surface area contributed by atoms with E-state index in [0.29, 0.717) is 61.3 Å². The number of methoxy groups -OCH3 is 2. The molecule has 240 valence electrons. The molecule has 0 spiro atoms. The van der Waals surface area contributed by atoms with Crippen molar-refractivity contribution in [3.05, 3.63) is 106 Å². The van der Waals surface area contributed by atoms with E-state index in [0.717, 1.165) is 17.8 Å². The second kappa shape index (κ2) is 14.0. The van der Waals surface area contributed by atoms with Crippen molar-refractivity contribution in [2.24, 2.45) is 4.99 Å². The summed E-state index contributed by atoms with van der Waals surface area (Å²) in [5, 5.41) is 11.4. The third-order valence-electron chi connectivity index (χ3n) is 7.33. The van der Waals surface area contributed by atoms with Crippen molar-refractivity contribution in [2.45, 2.75) is 33.2 Å². The highest BCUT2D eigenvalue weighted by Crippen LogP contribution is 2.41. The number of aromatic nitrogens is 1. The van der Waals surface area contributed by atoms with E-state index in [1.807, 2.05) is 6.92 Å². The Bertz CT molecular complexity index is 2000. The Hall–Kier alpha value is -5.01. The molecule has 0 saturated heterocycles. The summed E-state index contributed by atoms with van der Waals surface area (Å²) in [7, 11) is 3.03. The molecule has 0 unspecified atom stereocenters. The molecule has 0 N–H and O–H groups in total. The van der Waals surface area contributed by atoms with E-state index >= 15 is 0 Å². The summed E-state index contributed by atoms with van der Waals surface area (Å²) in [6.45, 7) is 5.94. The van der Waals surface area contributed by atoms with Crippen LogP contribution in [0.2, 0.25) is 0 Å². The monoisotopic (exact) mass is 647 g/mol. The number of nitro groups is 1. The van der Waals surface area contributed by atoms with Gasteiger partial charge in [-0.3, -0.25) is 19.5 Å². The molecule has 0 saturated carbocycles. The van der Waals surface area contributed by atoms with Crippen molar-refractivity contribution in [2.75, 3.05) is 34.0 Å². The molecular formula is C33H33N3O9S. The number of aryl methyl sites for hydroxylation is 1. The number of carbonyl (C=O) groups is 1. The van der Waals surface area contributed by atoms with Crippen LogP contribution in [0.1, 0.15) is 43.2 Å². The number of carbonyl (C=O) groups excluding carboxylic acids is 1. The molecule has 0 aliphatic carbocycles. The van der Waals surface area contributed by atoms with Crippen LogP contribution in [0.5, 0.6) is 11.5 Å². The smallest absolute Gasteiger partial charge is 0.338 e. The zero-order chi connectivity index (χ0) is 33.0. The van der Waals surface area contributed by atoms with Crippen molar-refractivity contribution in [1.82, 2.24) is 4.57 Å². The lowest BCUT2D eigenvalue weighted by molar-refractivity contribution is -0.385. The Balaban J connectivity index is 1.65. The van der Waals surface area contributed by atoms with Crippen LogP contribution in [0.15, 0.2) is 74.0 Å². The van der Waals surface area contributed by atoms with Crippen molar-refractivity contribution < 1.29 is 33.1 Å². The minimum absolute atomic E-state index is 0.0180. The first-order valence-electron chi connectivity index (χ1n) is 14.5. The summed E-state index contributed by atoms with van der Waals surface area (Å²) in [6, 6.07) is 12.6. The molecule has 0 radical (unpaired) electrons. The second-order valence-corrected chi connectivity index (χ2v) is 11.4. The van der Waals surface area contributed by atoms with Gasteiger partial charge in [-0.05, 0) is 38.5 Å². The Kier molecular flexibility index (Phi) is 9.83. The van der Waals surface area contributed by atoms with Crippen LogP contribution in [-0.4, -0.2) is 49.5 Å². The number of ether oxygens (including phenoxy) is 4. The molecule has 5 rings (SSSR count). The zero-order valence-electron chi connectivity index (χ0n) is 26.0. The molecule has 13 heteroatoms. The standard InChI is InChI=1S/C33H33N3O9S/c1-6-14-43-30-23(8-7-9-26(30)42-5)29-28(32(38)44-16-15-41-4)20(3)34-33-35(29)31(37)27(46-33)18-22-12-13-25(45-22)21-11-10-19(2)24(17-21)36(39)40/h7-13,17-18,29H,6,14-16H2,1-5H3/b27-18+/t29-/m1/s1. The average molecular weight is 648 g/mol. The number of fused-ring (bicyclic) bond motifs is 1. The number of hydrogen-bond acceptors (Lipinski definition) is 11. The van der Waals surface area contributed by atoms with Gasteiger partial charge in [0.2, 0.25) is 0 Å². The molecule has 46 heavy (non-hydrogen) atoms. The van der Waals surface area contributed by atoms with Gasteiger partial charge >= 0.3 is 5.97 Å². The van der Waals surface area contributed by atoms with Gasteiger partial charge in [-0.15, -0.1) is 0 Å². The summed E-state index contributed by atoms with van der Waals surface area (Å²) in [6.07, 6.45) is 2.31. The molecular weight excluding hydrogens is 614 g/mol. The maximum atomic E-state index is 14.1. The molecule has 0 bridgehead atoms. The lowest BCUT2D eigenvalue weighted by Gasteiger charge is -2.27. The van der Waals surface area contributed by atoms with Gasteiger partial charge in [0, 0.05) is 35.9 Å². The van der Waals surface area contributed by atoms with Crippen molar-refractivity contribution in [3.8, 4) is 22.8 Å². The summed E-state index contributed by atoms with van der Waals surface area (Å²) >= 11 is 1.14. The summed E-state index contributed by atoms with van der Waals surface area (Å²) in [4.78, 5) is 43.7. The van der Waals surface area contributed by atoms with Crippen LogP contribution in [0, 0.1) is 17.0 Å². The number of thiazole rings is 1. The van der Waals surface area contributed by atoms with Crippen LogP contribution >= 0.6 is 11.3 Å². The molecule has 0 fully saturated rings. The molecule has 4 aromatic rings. The highest BCUT2D eigenvalue weighted by atomic mass is 32.1. The highest BCUT2D eigenvalue weighted by Gasteiger charge is 2.36. The Morgan fingerprint density at radius 3 is 2.65 bits per heavy atom. The molecule has 12 nitrogen and oxygen atoms in total. The third kappa shape index (κ3) is 6.37. The zero-order valence-corrected chi connectivity index (χ0v) is 26.8. The summed E-state index contributed by atoms with van der Waals surface area (Å²) in [5.74, 6) is 1.000. The fourth-order valence-corrected chi connectivity index (χ4v) is 6.14. The molecule has 0 amide bonds. The quantitative estimate of drug-likeness (QED) is 0.0925. The Morgan fingerprint density at radius 2 is 1.93 bits per heavy atom. The first-order chi connectivity index (χ1) is 22.2. The molecule has 2 aromatic heterocycles. The van der Waals surface area contributed by atoms with E-state index in [9.17, 15) is 19.7 Å². The topological polar surface area (TPSA) is 145 Å². The van der Waals surface area contributed by atoms with Gasteiger partial charge in [-0.1, -0.05) is 42.5 Å². The van der Waals surface area contributed by atoms with Crippen LogP contribution in [0.25, 0.3) is 17.4 Å². The highest BCUT2D eigenvalue weighted by molar-refractivity contribution is 7.07. The van der Waals surface area contributed by atoms with E-state index in [2.05, 4.69) is 4.99 Å². The van der Waals surface area contributed by atoms with Crippen LogP contribution in [0.3, 0.4) is 0 Å². The number of para-hydroxylation sites is 1. The lowest BCUT2D eigenvalue weighted by Crippen LogP contribution is -2.40. The third-order valence-corrected chi connectivity index (χ3v) is 8.31. The van der Waals surface area contributed by atoms with E-state index in [1.165, 1.54) is 24.9 Å². The van der Waals surface area contributed by atoms with Gasteiger partial charge in [0.1, 0.15) is 24.2 Å². The molecule has 3 heterocycles. The van der Waals surface area contributed by atoms with Gasteiger partial charge in [-0.2, -0.15) is 0 Å². The summed E-state index contributed by atoms with van der Waals surface area (Å²) < 4.78 is 30.1. The second-order valence-electron chi connectivity index (χ2n) is 10.4. The number of nitrogens with zero attached hydrogens (tertiary/aromatic N) is 3. The summed E-state index contributed by atoms with van der Waals surface area (Å²) in [5.41, 5.74) is 1.76. The number of benzene rings is 2. The minimum atomic E-state index is -0.935. The van der Waals surface area contributed by atoms with Gasteiger partial charge in [0.25, 0.3) is 11.2 Å². The fraction of sp³-hybridized carbons (Fsp3) is 0.303. The maximum absolute atomic E-state index is 14.1. The minimum Gasteiger partial charge on any atom is -0.493 e. The largest absolute Gasteiger partial charge is 0.493 e. The predicted molar refractivity (Wildman–Crippen MR) is 171 cm³/mol. The number of esters is 1. The van der Waals surface area contributed by atoms with Gasteiger partial charge in [-0.25, -0.2) is 9.79 Å². The number of hydrogen-bond donors (Lipinski definition) is 0. The normalized spacial score (nSPS) is 14.5. The number of allylic oxidation sites excluding steroid dienone is 1. The van der Waals surface area contributed by atoms with E-state index in [1.54, 1.807) is 62.4 Å². The first-order valence-corrected chi connectivity index (χ1v) is 15.3. The van der Waals surface area contributed by atoms with Crippen molar-refractivity contribution >= 4 is 29.1 Å². The van der Waals surface area contributed by atoms with Gasteiger partial charge in [0.15, 0.2) is 16.3 Å². The number of nitro benzene ring substituents is 1. The predicted octanol–water partition coefficient (Wildman–Crippen LogP) is 4.70. The molecule has 1 atom stereocenters. The van der Waals surface area contributed by atoms with E-state index in [4.69, 9.17) is 23.4 Å². The first kappa shape index (κ1) is 32.4. The van der Waals surface area contributed by atoms with Crippen molar-refractivity contribution in [3.63, 3.8) is 0 Å². The van der Waals surface area contributed by atoms with Crippen LogP contribution in [0.4, 0.5) is 5.69 Å². The van der Waals surface area contributed by atoms with Gasteiger partial charge in [0.05, 0.1) is 41.0 Å².